The smallest absolute Gasteiger partial charge is 0.241 e. The summed E-state index contributed by atoms with van der Waals surface area (Å²) < 4.78 is 27.4. The molecular formula is C17H20N2O3S. The molecule has 2 aromatic rings. The van der Waals surface area contributed by atoms with E-state index in [1.54, 1.807) is 18.2 Å². The zero-order valence-corrected chi connectivity index (χ0v) is 13.9. The quantitative estimate of drug-likeness (QED) is 0.851. The van der Waals surface area contributed by atoms with Crippen LogP contribution in [0.2, 0.25) is 0 Å². The fourth-order valence-corrected chi connectivity index (χ4v) is 3.38. The fourth-order valence-electron chi connectivity index (χ4n) is 2.17. The third kappa shape index (κ3) is 4.64. The lowest BCUT2D eigenvalue weighted by atomic mass is 10.1. The first-order chi connectivity index (χ1) is 10.9. The van der Waals surface area contributed by atoms with Gasteiger partial charge in [0.1, 0.15) is 0 Å². The molecule has 1 amide bonds. The van der Waals surface area contributed by atoms with E-state index < -0.39 is 10.0 Å². The third-order valence-electron chi connectivity index (χ3n) is 3.13. The van der Waals surface area contributed by atoms with Crippen molar-refractivity contribution in [2.75, 3.05) is 6.54 Å². The average molecular weight is 332 g/mol. The Hall–Kier alpha value is -2.18. The molecule has 122 valence electrons. The molecule has 0 fully saturated rings. The highest BCUT2D eigenvalue weighted by Gasteiger charge is 2.19. The lowest BCUT2D eigenvalue weighted by Gasteiger charge is -2.12. The van der Waals surface area contributed by atoms with E-state index in [1.807, 2.05) is 44.2 Å². The average Bonchev–Trinajstić information content (AvgIpc) is 2.53. The number of amides is 1. The minimum atomic E-state index is -3.78. The van der Waals surface area contributed by atoms with Crippen molar-refractivity contribution in [2.45, 2.75) is 24.8 Å². The summed E-state index contributed by atoms with van der Waals surface area (Å²) in [5.41, 5.74) is 1.41. The molecule has 0 saturated heterocycles. The zero-order chi connectivity index (χ0) is 16.9. The van der Waals surface area contributed by atoms with Crippen molar-refractivity contribution in [1.82, 2.24) is 10.0 Å². The van der Waals surface area contributed by atoms with Crippen molar-refractivity contribution in [2.24, 2.45) is 0 Å². The summed E-state index contributed by atoms with van der Waals surface area (Å²) in [5.74, 6) is -0.360. The lowest BCUT2D eigenvalue weighted by molar-refractivity contribution is -0.120. The predicted octanol–water partition coefficient (Wildman–Crippen LogP) is 2.16. The number of carbonyl (C=O) groups is 1. The monoisotopic (exact) mass is 332 g/mol. The van der Waals surface area contributed by atoms with Crippen molar-refractivity contribution in [3.8, 4) is 11.1 Å². The molecule has 0 aromatic heterocycles. The van der Waals surface area contributed by atoms with E-state index in [9.17, 15) is 13.2 Å². The second kappa shape index (κ2) is 7.39. The molecule has 2 N–H and O–H groups in total. The first kappa shape index (κ1) is 17.2. The highest BCUT2D eigenvalue weighted by molar-refractivity contribution is 7.89. The van der Waals surface area contributed by atoms with Crippen LogP contribution in [0.5, 0.6) is 0 Å². The van der Waals surface area contributed by atoms with E-state index in [0.717, 1.165) is 5.56 Å². The fraction of sp³-hybridized carbons (Fsp3) is 0.235. The van der Waals surface area contributed by atoms with Gasteiger partial charge >= 0.3 is 0 Å². The molecule has 0 heterocycles. The first-order valence-electron chi connectivity index (χ1n) is 7.33. The van der Waals surface area contributed by atoms with Gasteiger partial charge in [-0.15, -0.1) is 0 Å². The maximum Gasteiger partial charge on any atom is 0.241 e. The Morgan fingerprint density at radius 3 is 2.26 bits per heavy atom. The molecule has 0 aliphatic heterocycles. The van der Waals surface area contributed by atoms with Crippen LogP contribution in [-0.2, 0) is 14.8 Å². The number of benzene rings is 2. The zero-order valence-electron chi connectivity index (χ0n) is 13.1. The Balaban J connectivity index is 2.26. The van der Waals surface area contributed by atoms with E-state index in [1.165, 1.54) is 6.07 Å². The van der Waals surface area contributed by atoms with Crippen LogP contribution in [0.4, 0.5) is 0 Å². The van der Waals surface area contributed by atoms with Crippen LogP contribution in [0.1, 0.15) is 13.8 Å². The molecule has 0 atom stereocenters. The third-order valence-corrected chi connectivity index (χ3v) is 4.59. The minimum Gasteiger partial charge on any atom is -0.353 e. The molecule has 2 rings (SSSR count). The van der Waals surface area contributed by atoms with Gasteiger partial charge in [0.25, 0.3) is 0 Å². The van der Waals surface area contributed by atoms with Crippen molar-refractivity contribution in [3.05, 3.63) is 54.6 Å². The molecule has 2 aromatic carbocycles. The number of carbonyl (C=O) groups excluding carboxylic acids is 1. The van der Waals surface area contributed by atoms with E-state index >= 15 is 0 Å². The lowest BCUT2D eigenvalue weighted by Crippen LogP contribution is -2.39. The highest BCUT2D eigenvalue weighted by atomic mass is 32.2. The molecule has 0 spiro atoms. The minimum absolute atomic E-state index is 0.0383. The topological polar surface area (TPSA) is 75.3 Å². The maximum absolute atomic E-state index is 12.5. The SMILES string of the molecule is CC(C)NC(=O)CNS(=O)(=O)c1ccccc1-c1ccccc1. The van der Waals surface area contributed by atoms with Gasteiger partial charge in [-0.2, -0.15) is 0 Å². The van der Waals surface area contributed by atoms with Crippen LogP contribution < -0.4 is 10.0 Å². The van der Waals surface area contributed by atoms with Gasteiger partial charge in [-0.05, 0) is 25.5 Å². The van der Waals surface area contributed by atoms with Gasteiger partial charge in [0.2, 0.25) is 15.9 Å². The Morgan fingerprint density at radius 2 is 1.61 bits per heavy atom. The largest absolute Gasteiger partial charge is 0.353 e. The van der Waals surface area contributed by atoms with Crippen molar-refractivity contribution in [1.29, 1.82) is 0 Å². The molecular weight excluding hydrogens is 312 g/mol. The first-order valence-corrected chi connectivity index (χ1v) is 8.82. The van der Waals surface area contributed by atoms with Crippen molar-refractivity contribution >= 4 is 15.9 Å². The predicted molar refractivity (Wildman–Crippen MR) is 90.3 cm³/mol. The van der Waals surface area contributed by atoms with Crippen LogP contribution in [0.25, 0.3) is 11.1 Å². The molecule has 0 bridgehead atoms. The van der Waals surface area contributed by atoms with Crippen LogP contribution in [0, 0.1) is 0 Å². The summed E-state index contributed by atoms with van der Waals surface area (Å²) in [6, 6.07) is 16.0. The van der Waals surface area contributed by atoms with Gasteiger partial charge in [-0.3, -0.25) is 4.79 Å². The second-order valence-electron chi connectivity index (χ2n) is 5.41. The van der Waals surface area contributed by atoms with Gasteiger partial charge < -0.3 is 5.32 Å². The van der Waals surface area contributed by atoms with E-state index in [-0.39, 0.29) is 23.4 Å². The Labute approximate surface area is 136 Å². The van der Waals surface area contributed by atoms with Crippen molar-refractivity contribution < 1.29 is 13.2 Å². The van der Waals surface area contributed by atoms with Gasteiger partial charge in [-0.25, -0.2) is 13.1 Å². The van der Waals surface area contributed by atoms with Crippen LogP contribution >= 0.6 is 0 Å². The van der Waals surface area contributed by atoms with Crippen LogP contribution in [-0.4, -0.2) is 26.9 Å². The number of hydrogen-bond donors (Lipinski definition) is 2. The number of hydrogen-bond acceptors (Lipinski definition) is 3. The molecule has 23 heavy (non-hydrogen) atoms. The molecule has 0 aliphatic carbocycles. The van der Waals surface area contributed by atoms with Gasteiger partial charge in [0.05, 0.1) is 11.4 Å². The van der Waals surface area contributed by atoms with E-state index in [4.69, 9.17) is 0 Å². The number of sulfonamides is 1. The summed E-state index contributed by atoms with van der Waals surface area (Å²) in [6.45, 7) is 3.35. The van der Waals surface area contributed by atoms with Gasteiger partial charge in [0, 0.05) is 11.6 Å². The Bertz CT molecular complexity index is 771. The maximum atomic E-state index is 12.5. The molecule has 6 heteroatoms. The Morgan fingerprint density at radius 1 is 1.00 bits per heavy atom. The Kier molecular flexibility index (Phi) is 5.52. The second-order valence-corrected chi connectivity index (χ2v) is 7.14. The van der Waals surface area contributed by atoms with Crippen LogP contribution in [0.15, 0.2) is 59.5 Å². The summed E-state index contributed by atoms with van der Waals surface area (Å²) in [5, 5.41) is 2.65. The molecule has 0 saturated carbocycles. The normalized spacial score (nSPS) is 11.4. The summed E-state index contributed by atoms with van der Waals surface area (Å²) in [7, 11) is -3.78. The molecule has 5 nitrogen and oxygen atoms in total. The van der Waals surface area contributed by atoms with E-state index in [0.29, 0.717) is 5.56 Å². The molecule has 0 unspecified atom stereocenters. The van der Waals surface area contributed by atoms with Gasteiger partial charge in [-0.1, -0.05) is 48.5 Å². The summed E-state index contributed by atoms with van der Waals surface area (Å²) in [4.78, 5) is 11.8. The number of nitrogens with one attached hydrogen (secondary N) is 2. The van der Waals surface area contributed by atoms with Crippen LogP contribution in [0.3, 0.4) is 0 Å². The van der Waals surface area contributed by atoms with E-state index in [2.05, 4.69) is 10.0 Å². The highest BCUT2D eigenvalue weighted by Crippen LogP contribution is 2.26. The molecule has 0 aliphatic rings. The summed E-state index contributed by atoms with van der Waals surface area (Å²) in [6.07, 6.45) is 0. The summed E-state index contributed by atoms with van der Waals surface area (Å²) >= 11 is 0. The molecule has 0 radical (unpaired) electrons. The number of rotatable bonds is 6. The van der Waals surface area contributed by atoms with Gasteiger partial charge in [0.15, 0.2) is 0 Å². The standard InChI is InChI=1S/C17H20N2O3S/c1-13(2)19-17(20)12-18-23(21,22)16-11-7-6-10-15(16)14-8-4-3-5-9-14/h3-11,13,18H,12H2,1-2H3,(H,19,20). The van der Waals surface area contributed by atoms with Crippen molar-refractivity contribution in [3.63, 3.8) is 0 Å².